The van der Waals surface area contributed by atoms with Crippen molar-refractivity contribution in [2.45, 2.75) is 19.8 Å². The molecule has 0 spiro atoms. The van der Waals surface area contributed by atoms with Crippen molar-refractivity contribution in [2.75, 3.05) is 18.0 Å². The van der Waals surface area contributed by atoms with E-state index in [9.17, 15) is 13.5 Å². The molecule has 1 aliphatic heterocycles. The maximum Gasteiger partial charge on any atom is 0.305 e. The van der Waals surface area contributed by atoms with E-state index in [1.54, 1.807) is 11.8 Å². The van der Waals surface area contributed by atoms with Crippen molar-refractivity contribution in [3.63, 3.8) is 0 Å². The molecule has 2 rings (SSSR count). The predicted octanol–water partition coefficient (Wildman–Crippen LogP) is 2.19. The molecule has 0 bridgehead atoms. The fourth-order valence-corrected chi connectivity index (χ4v) is 2.98. The lowest BCUT2D eigenvalue weighted by Crippen LogP contribution is -2.40. The zero-order chi connectivity index (χ0) is 14.0. The van der Waals surface area contributed by atoms with E-state index in [1.807, 2.05) is 0 Å². The van der Waals surface area contributed by atoms with Gasteiger partial charge in [-0.3, -0.25) is 9.59 Å². The van der Waals surface area contributed by atoms with E-state index in [4.69, 9.17) is 0 Å². The minimum atomic E-state index is -0.475. The Morgan fingerprint density at radius 1 is 1.53 bits per heavy atom. The lowest BCUT2D eigenvalue weighted by Gasteiger charge is -2.31. The van der Waals surface area contributed by atoms with Crippen molar-refractivity contribution >= 4 is 39.9 Å². The highest BCUT2D eigenvalue weighted by atomic mass is 79.9. The Kier molecular flexibility index (Phi) is 4.62. The predicted molar refractivity (Wildman–Crippen MR) is 75.9 cm³/mol. The maximum absolute atomic E-state index is 12.6. The van der Waals surface area contributed by atoms with Crippen LogP contribution in [-0.4, -0.2) is 27.8 Å². The lowest BCUT2D eigenvalue weighted by atomic mass is 9.93. The monoisotopic (exact) mass is 349 g/mol. The highest BCUT2D eigenvalue weighted by molar-refractivity contribution is 9.10. The number of piperidine rings is 1. The van der Waals surface area contributed by atoms with Crippen LogP contribution in [0.2, 0.25) is 0 Å². The molecule has 0 aliphatic carbocycles. The minimum absolute atomic E-state index is 0.0566. The Morgan fingerprint density at radius 2 is 2.16 bits per heavy atom. The molecule has 0 atom stereocenters. The molecule has 0 amide bonds. The second-order valence-corrected chi connectivity index (χ2v) is 5.80. The molecule has 2 heterocycles. The van der Waals surface area contributed by atoms with Gasteiger partial charge in [0.15, 0.2) is 18.2 Å². The molecule has 1 fully saturated rings. The fourth-order valence-electron chi connectivity index (χ4n) is 2.19. The summed E-state index contributed by atoms with van der Waals surface area (Å²) in [5.74, 6) is 0.460. The number of ketones is 1. The molecular formula is C11H13BrFN3O2S. The van der Waals surface area contributed by atoms with Crippen LogP contribution in [0.15, 0.2) is 15.6 Å². The van der Waals surface area contributed by atoms with Gasteiger partial charge in [-0.2, -0.15) is 0 Å². The van der Waals surface area contributed by atoms with Crippen molar-refractivity contribution in [3.8, 4) is 0 Å². The lowest BCUT2D eigenvalue weighted by molar-refractivity contribution is -0.121. The van der Waals surface area contributed by atoms with Gasteiger partial charge in [-0.15, -0.1) is 3.89 Å². The Bertz CT molecular complexity index is 543. The van der Waals surface area contributed by atoms with Gasteiger partial charge in [0.25, 0.3) is 0 Å². The van der Waals surface area contributed by atoms with Crippen LogP contribution in [-0.2, 0) is 4.79 Å². The van der Waals surface area contributed by atoms with Crippen LogP contribution in [0.3, 0.4) is 0 Å². The largest absolute Gasteiger partial charge is 0.352 e. The van der Waals surface area contributed by atoms with Gasteiger partial charge in [0.1, 0.15) is 10.4 Å². The number of anilines is 1. The van der Waals surface area contributed by atoms with Gasteiger partial charge in [0.2, 0.25) is 0 Å². The highest BCUT2D eigenvalue weighted by Gasteiger charge is 2.25. The molecule has 0 aromatic carbocycles. The summed E-state index contributed by atoms with van der Waals surface area (Å²) in [4.78, 5) is 29.2. The molecule has 1 aliphatic rings. The van der Waals surface area contributed by atoms with Crippen LogP contribution in [0.1, 0.15) is 19.8 Å². The van der Waals surface area contributed by atoms with Crippen LogP contribution in [0.25, 0.3) is 0 Å². The molecular weight excluding hydrogens is 337 g/mol. The third-order valence-corrected chi connectivity index (χ3v) is 4.07. The van der Waals surface area contributed by atoms with Gasteiger partial charge in [-0.1, -0.05) is 0 Å². The van der Waals surface area contributed by atoms with Crippen LogP contribution < -0.4 is 10.5 Å². The highest BCUT2D eigenvalue weighted by Crippen LogP contribution is 2.22. The number of Topliss-reactive ketones (excluding diaryl/α,β-unsaturated/α-hetero) is 1. The van der Waals surface area contributed by atoms with Crippen molar-refractivity contribution in [1.29, 1.82) is 0 Å². The number of carbonyl (C=O) groups is 1. The number of carbonyl (C=O) groups excluding carboxylic acids is 1. The van der Waals surface area contributed by atoms with E-state index in [0.717, 1.165) is 3.97 Å². The standard InChI is InChI=1S/C11H13BrFN3O2S/c1-7(17)8-2-4-15(5-3-8)10-11(18)16(19-13)6-9(12)14-10/h6,8H,2-5H2,1H3. The average Bonchev–Trinajstić information content (AvgIpc) is 2.41. The summed E-state index contributed by atoms with van der Waals surface area (Å²) in [5, 5.41) is 0. The van der Waals surface area contributed by atoms with Gasteiger partial charge in [0.05, 0.1) is 6.20 Å². The van der Waals surface area contributed by atoms with Crippen molar-refractivity contribution in [2.24, 2.45) is 5.92 Å². The summed E-state index contributed by atoms with van der Waals surface area (Å²) in [5.41, 5.74) is -0.475. The van der Waals surface area contributed by atoms with Gasteiger partial charge >= 0.3 is 5.56 Å². The van der Waals surface area contributed by atoms with Crippen LogP contribution in [0.4, 0.5) is 9.70 Å². The van der Waals surface area contributed by atoms with E-state index in [1.165, 1.54) is 6.20 Å². The Balaban J connectivity index is 2.22. The quantitative estimate of drug-likeness (QED) is 0.837. The van der Waals surface area contributed by atoms with E-state index in [2.05, 4.69) is 20.9 Å². The smallest absolute Gasteiger partial charge is 0.305 e. The van der Waals surface area contributed by atoms with Gasteiger partial charge in [-0.05, 0) is 35.7 Å². The molecule has 8 heteroatoms. The molecule has 5 nitrogen and oxygen atoms in total. The second-order valence-electron chi connectivity index (χ2n) is 4.46. The summed E-state index contributed by atoms with van der Waals surface area (Å²) < 4.78 is 13.9. The maximum atomic E-state index is 12.6. The normalized spacial score (nSPS) is 16.7. The van der Waals surface area contributed by atoms with Crippen molar-refractivity contribution in [3.05, 3.63) is 21.2 Å². The number of hydrogen-bond donors (Lipinski definition) is 0. The van der Waals surface area contributed by atoms with Crippen LogP contribution >= 0.6 is 28.3 Å². The number of halogens is 2. The molecule has 1 saturated heterocycles. The third-order valence-electron chi connectivity index (χ3n) is 3.27. The molecule has 0 N–H and O–H groups in total. The second kappa shape index (κ2) is 6.04. The minimum Gasteiger partial charge on any atom is -0.352 e. The number of hydrogen-bond acceptors (Lipinski definition) is 5. The van der Waals surface area contributed by atoms with E-state index in [-0.39, 0.29) is 29.9 Å². The first-order chi connectivity index (χ1) is 9.02. The number of aromatic nitrogens is 2. The van der Waals surface area contributed by atoms with Gasteiger partial charge in [-0.25, -0.2) is 8.96 Å². The number of nitrogens with zero attached hydrogens (tertiary/aromatic N) is 3. The molecule has 1 aromatic heterocycles. The van der Waals surface area contributed by atoms with Crippen molar-refractivity contribution < 1.29 is 8.68 Å². The van der Waals surface area contributed by atoms with E-state index >= 15 is 0 Å². The SMILES string of the molecule is CC(=O)C1CCN(c2nc(Br)cn(SF)c2=O)CC1. The Labute approximate surface area is 122 Å². The van der Waals surface area contributed by atoms with Crippen LogP contribution in [0, 0.1) is 5.92 Å². The first-order valence-corrected chi connectivity index (χ1v) is 7.33. The molecule has 0 unspecified atom stereocenters. The Morgan fingerprint density at radius 3 is 2.68 bits per heavy atom. The molecule has 0 radical (unpaired) electrons. The summed E-state index contributed by atoms with van der Waals surface area (Å²) in [6, 6.07) is 0. The van der Waals surface area contributed by atoms with Crippen LogP contribution in [0.5, 0.6) is 0 Å². The fraction of sp³-hybridized carbons (Fsp3) is 0.545. The first kappa shape index (κ1) is 14.5. The zero-order valence-corrected chi connectivity index (χ0v) is 12.7. The number of rotatable bonds is 3. The van der Waals surface area contributed by atoms with Crippen molar-refractivity contribution in [1.82, 2.24) is 8.96 Å². The molecule has 19 heavy (non-hydrogen) atoms. The summed E-state index contributed by atoms with van der Waals surface area (Å²) in [6.45, 7) is 2.75. The van der Waals surface area contributed by atoms with Gasteiger partial charge < -0.3 is 4.90 Å². The zero-order valence-electron chi connectivity index (χ0n) is 10.3. The summed E-state index contributed by atoms with van der Waals surface area (Å²) in [6.07, 6.45) is 2.69. The third kappa shape index (κ3) is 3.17. The molecule has 0 saturated carbocycles. The molecule has 1 aromatic rings. The topological polar surface area (TPSA) is 55.2 Å². The summed E-state index contributed by atoms with van der Waals surface area (Å²) in [7, 11) is 0. The van der Waals surface area contributed by atoms with E-state index < -0.39 is 5.56 Å². The first-order valence-electron chi connectivity index (χ1n) is 5.86. The van der Waals surface area contributed by atoms with Gasteiger partial charge in [0, 0.05) is 19.0 Å². The molecule has 104 valence electrons. The Hall–Kier alpha value is -0.890. The van der Waals surface area contributed by atoms with E-state index in [0.29, 0.717) is 30.5 Å². The summed E-state index contributed by atoms with van der Waals surface area (Å²) >= 11 is 3.00. The average molecular weight is 350 g/mol.